The number of ether oxygens (including phenoxy) is 1. The fourth-order valence-corrected chi connectivity index (χ4v) is 2.63. The van der Waals surface area contributed by atoms with Gasteiger partial charge in [0.05, 0.1) is 4.92 Å². The highest BCUT2D eigenvalue weighted by atomic mass is 16.6. The summed E-state index contributed by atoms with van der Waals surface area (Å²) in [7, 11) is 0. The van der Waals surface area contributed by atoms with Gasteiger partial charge in [0.2, 0.25) is 0 Å². The van der Waals surface area contributed by atoms with Crippen molar-refractivity contribution in [3.8, 4) is 17.6 Å². The van der Waals surface area contributed by atoms with Crippen LogP contribution in [-0.2, 0) is 11.4 Å². The smallest absolute Gasteiger partial charge is 0.269 e. The van der Waals surface area contributed by atoms with Crippen LogP contribution in [0.3, 0.4) is 0 Å². The number of nitro groups is 1. The van der Waals surface area contributed by atoms with E-state index in [1.54, 1.807) is 36.4 Å². The molecule has 0 saturated heterocycles. The summed E-state index contributed by atoms with van der Waals surface area (Å²) in [6.07, 6.45) is 1.44. The molecular formula is C23H17N3O5. The number of anilines is 1. The second-order valence-corrected chi connectivity index (χ2v) is 6.46. The summed E-state index contributed by atoms with van der Waals surface area (Å²) in [5.41, 5.74) is 1.71. The molecule has 3 aromatic carbocycles. The summed E-state index contributed by atoms with van der Waals surface area (Å²) in [5.74, 6) is 0.00770. The number of carbonyl (C=O) groups excluding carboxylic acids is 1. The fraction of sp³-hybridized carbons (Fsp3) is 0.0435. The number of phenols is 1. The zero-order chi connectivity index (χ0) is 22.2. The molecule has 0 aliphatic carbocycles. The number of hydrogen-bond acceptors (Lipinski definition) is 6. The number of aromatic hydroxyl groups is 1. The minimum Gasteiger partial charge on any atom is -0.508 e. The molecule has 0 fully saturated rings. The van der Waals surface area contributed by atoms with Crippen molar-refractivity contribution in [2.75, 3.05) is 5.32 Å². The van der Waals surface area contributed by atoms with E-state index in [1.165, 1.54) is 42.5 Å². The largest absolute Gasteiger partial charge is 0.508 e. The number of nitriles is 1. The van der Waals surface area contributed by atoms with E-state index in [1.807, 2.05) is 6.07 Å². The van der Waals surface area contributed by atoms with Crippen LogP contribution in [0.25, 0.3) is 6.08 Å². The van der Waals surface area contributed by atoms with Crippen LogP contribution < -0.4 is 10.1 Å². The molecule has 8 heteroatoms. The zero-order valence-corrected chi connectivity index (χ0v) is 16.2. The van der Waals surface area contributed by atoms with Gasteiger partial charge in [-0.25, -0.2) is 0 Å². The number of phenolic OH excluding ortho intramolecular Hbond substituents is 1. The number of amides is 1. The SMILES string of the molecule is N#C/C(=C/c1cccc(OCc2ccc([N+](=O)[O-])cc2)c1)C(=O)Nc1ccc(O)cc1. The highest BCUT2D eigenvalue weighted by molar-refractivity contribution is 6.09. The molecule has 0 aliphatic rings. The number of non-ortho nitro benzene ring substituents is 1. The Kier molecular flexibility index (Phi) is 6.60. The first kappa shape index (κ1) is 21.1. The first-order valence-corrected chi connectivity index (χ1v) is 9.13. The molecule has 0 unspecified atom stereocenters. The van der Waals surface area contributed by atoms with Gasteiger partial charge in [-0.2, -0.15) is 5.26 Å². The van der Waals surface area contributed by atoms with Gasteiger partial charge in [0.25, 0.3) is 11.6 Å². The van der Waals surface area contributed by atoms with Crippen LogP contribution in [0.15, 0.2) is 78.4 Å². The quantitative estimate of drug-likeness (QED) is 0.193. The third-order valence-electron chi connectivity index (χ3n) is 4.21. The highest BCUT2D eigenvalue weighted by Crippen LogP contribution is 2.20. The van der Waals surface area contributed by atoms with E-state index in [2.05, 4.69) is 5.32 Å². The van der Waals surface area contributed by atoms with Crippen molar-refractivity contribution in [3.63, 3.8) is 0 Å². The molecule has 31 heavy (non-hydrogen) atoms. The van der Waals surface area contributed by atoms with E-state index < -0.39 is 10.8 Å². The van der Waals surface area contributed by atoms with Gasteiger partial charge in [0.1, 0.15) is 29.7 Å². The zero-order valence-electron chi connectivity index (χ0n) is 16.2. The van der Waals surface area contributed by atoms with Crippen molar-refractivity contribution >= 4 is 23.4 Å². The summed E-state index contributed by atoms with van der Waals surface area (Å²) in [6, 6.07) is 20.7. The molecule has 0 atom stereocenters. The molecule has 1 amide bonds. The molecule has 154 valence electrons. The Hall–Kier alpha value is -4.64. The summed E-state index contributed by atoms with van der Waals surface area (Å²) >= 11 is 0. The van der Waals surface area contributed by atoms with E-state index >= 15 is 0 Å². The number of hydrogen-bond donors (Lipinski definition) is 2. The van der Waals surface area contributed by atoms with Gasteiger partial charge >= 0.3 is 0 Å². The Morgan fingerprint density at radius 1 is 1.13 bits per heavy atom. The van der Waals surface area contributed by atoms with Crippen molar-refractivity contribution in [2.24, 2.45) is 0 Å². The summed E-state index contributed by atoms with van der Waals surface area (Å²) < 4.78 is 5.71. The third-order valence-corrected chi connectivity index (χ3v) is 4.21. The van der Waals surface area contributed by atoms with Gasteiger partial charge in [-0.05, 0) is 65.7 Å². The first-order chi connectivity index (χ1) is 14.9. The number of carbonyl (C=O) groups is 1. The second-order valence-electron chi connectivity index (χ2n) is 6.46. The molecule has 3 rings (SSSR count). The average Bonchev–Trinajstić information content (AvgIpc) is 2.78. The topological polar surface area (TPSA) is 125 Å². The maximum Gasteiger partial charge on any atom is 0.269 e. The monoisotopic (exact) mass is 415 g/mol. The standard InChI is InChI=1S/C23H17N3O5/c24-14-18(23(28)25-19-6-10-21(27)11-7-19)12-17-2-1-3-22(13-17)31-15-16-4-8-20(9-5-16)26(29)30/h1-13,27H,15H2,(H,25,28)/b18-12-. The Morgan fingerprint density at radius 2 is 1.84 bits per heavy atom. The average molecular weight is 415 g/mol. The number of nitrogens with one attached hydrogen (secondary N) is 1. The Balaban J connectivity index is 1.68. The van der Waals surface area contributed by atoms with Crippen LogP contribution in [-0.4, -0.2) is 15.9 Å². The highest BCUT2D eigenvalue weighted by Gasteiger charge is 2.10. The van der Waals surface area contributed by atoms with Gasteiger partial charge < -0.3 is 15.2 Å². The van der Waals surface area contributed by atoms with E-state index in [-0.39, 0.29) is 23.6 Å². The number of rotatable bonds is 7. The van der Waals surface area contributed by atoms with Crippen molar-refractivity contribution in [1.29, 1.82) is 5.26 Å². The third kappa shape index (κ3) is 5.92. The molecular weight excluding hydrogens is 398 g/mol. The van der Waals surface area contributed by atoms with Gasteiger partial charge in [0.15, 0.2) is 0 Å². The molecule has 0 bridgehead atoms. The van der Waals surface area contributed by atoms with Crippen LogP contribution in [0.5, 0.6) is 11.5 Å². The minimum atomic E-state index is -0.578. The normalized spacial score (nSPS) is 10.7. The van der Waals surface area contributed by atoms with Gasteiger partial charge in [-0.3, -0.25) is 14.9 Å². The Morgan fingerprint density at radius 3 is 2.48 bits per heavy atom. The molecule has 8 nitrogen and oxygen atoms in total. The van der Waals surface area contributed by atoms with Gasteiger partial charge in [0, 0.05) is 17.8 Å². The second kappa shape index (κ2) is 9.71. The van der Waals surface area contributed by atoms with Crippen LogP contribution in [0.1, 0.15) is 11.1 Å². The lowest BCUT2D eigenvalue weighted by Gasteiger charge is -2.08. The molecule has 0 aliphatic heterocycles. The van der Waals surface area contributed by atoms with Crippen molar-refractivity contribution in [3.05, 3.63) is 99.6 Å². The summed E-state index contributed by atoms with van der Waals surface area (Å²) in [6.45, 7) is 0.206. The van der Waals surface area contributed by atoms with Crippen LogP contribution in [0.2, 0.25) is 0 Å². The molecule has 0 heterocycles. The van der Waals surface area contributed by atoms with Crippen LogP contribution in [0.4, 0.5) is 11.4 Å². The molecule has 0 saturated carbocycles. The van der Waals surface area contributed by atoms with Gasteiger partial charge in [-0.15, -0.1) is 0 Å². The van der Waals surface area contributed by atoms with E-state index in [9.17, 15) is 25.3 Å². The molecule has 0 spiro atoms. The lowest BCUT2D eigenvalue weighted by molar-refractivity contribution is -0.384. The lowest BCUT2D eigenvalue weighted by atomic mass is 10.1. The van der Waals surface area contributed by atoms with E-state index in [0.717, 1.165) is 5.56 Å². The Labute approximate surface area is 177 Å². The van der Waals surface area contributed by atoms with Crippen LogP contribution >= 0.6 is 0 Å². The van der Waals surface area contributed by atoms with E-state index in [4.69, 9.17) is 4.74 Å². The van der Waals surface area contributed by atoms with Gasteiger partial charge in [-0.1, -0.05) is 12.1 Å². The first-order valence-electron chi connectivity index (χ1n) is 9.13. The maximum atomic E-state index is 12.4. The van der Waals surface area contributed by atoms with Crippen molar-refractivity contribution in [1.82, 2.24) is 0 Å². The van der Waals surface area contributed by atoms with Crippen molar-refractivity contribution < 1.29 is 19.6 Å². The molecule has 2 N–H and O–H groups in total. The maximum absolute atomic E-state index is 12.4. The number of nitrogens with zero attached hydrogens (tertiary/aromatic N) is 2. The van der Waals surface area contributed by atoms with Crippen molar-refractivity contribution in [2.45, 2.75) is 6.61 Å². The molecule has 0 radical (unpaired) electrons. The van der Waals surface area contributed by atoms with Crippen LogP contribution in [0, 0.1) is 21.4 Å². The summed E-state index contributed by atoms with van der Waals surface area (Å²) in [5, 5.41) is 32.0. The van der Waals surface area contributed by atoms with E-state index in [0.29, 0.717) is 17.0 Å². The fourth-order valence-electron chi connectivity index (χ4n) is 2.63. The predicted molar refractivity (Wildman–Crippen MR) is 114 cm³/mol. The minimum absolute atomic E-state index is 0.00509. The number of nitro benzene ring substituents is 1. The number of benzene rings is 3. The Bertz CT molecular complexity index is 1160. The lowest BCUT2D eigenvalue weighted by Crippen LogP contribution is -2.13. The predicted octanol–water partition coefficient (Wildman–Crippen LogP) is 4.43. The molecule has 3 aromatic rings. The summed E-state index contributed by atoms with van der Waals surface area (Å²) in [4.78, 5) is 22.6. The molecule has 0 aromatic heterocycles.